The topological polar surface area (TPSA) is 38.0 Å². The van der Waals surface area contributed by atoms with E-state index < -0.39 is 0 Å². The Morgan fingerprint density at radius 1 is 1.27 bits per heavy atom. The molecule has 11 heavy (non-hydrogen) atoms. The summed E-state index contributed by atoms with van der Waals surface area (Å²) >= 11 is 0. The monoisotopic (exact) mass is 158 g/mol. The van der Waals surface area contributed by atoms with E-state index in [4.69, 9.17) is 5.73 Å². The number of nitrogens with one attached hydrogen (secondary N) is 1. The molecule has 0 aromatic rings. The quantitative estimate of drug-likeness (QED) is 0.549. The fraction of sp³-hybridized carbons (Fsp3) is 1.00. The van der Waals surface area contributed by atoms with Crippen molar-refractivity contribution in [3.8, 4) is 0 Å². The largest absolute Gasteiger partial charge is 0.330 e. The first kappa shape index (κ1) is 10.9. The van der Waals surface area contributed by atoms with Crippen LogP contribution >= 0.6 is 0 Å². The predicted octanol–water partition coefficient (Wildman–Crippen LogP) is 1.36. The highest BCUT2D eigenvalue weighted by Gasteiger charge is 2.01. The van der Waals surface area contributed by atoms with Crippen LogP contribution in [0.3, 0.4) is 0 Å². The molecule has 0 bridgehead atoms. The van der Waals surface area contributed by atoms with Crippen molar-refractivity contribution in [3.63, 3.8) is 0 Å². The van der Waals surface area contributed by atoms with Gasteiger partial charge in [-0.05, 0) is 38.4 Å². The van der Waals surface area contributed by atoms with E-state index in [0.717, 1.165) is 25.6 Å². The first-order valence-electron chi connectivity index (χ1n) is 4.75. The maximum Gasteiger partial charge on any atom is -0.00458 e. The molecule has 0 spiro atoms. The van der Waals surface area contributed by atoms with Crippen molar-refractivity contribution in [1.29, 1.82) is 0 Å². The summed E-state index contributed by atoms with van der Waals surface area (Å²) in [5.41, 5.74) is 5.57. The molecule has 0 aliphatic rings. The summed E-state index contributed by atoms with van der Waals surface area (Å²) in [6, 6.07) is 0. The maximum absolute atomic E-state index is 5.57. The Morgan fingerprint density at radius 3 is 2.45 bits per heavy atom. The van der Waals surface area contributed by atoms with Gasteiger partial charge >= 0.3 is 0 Å². The number of hydrogen-bond acceptors (Lipinski definition) is 2. The highest BCUT2D eigenvalue weighted by molar-refractivity contribution is 4.59. The van der Waals surface area contributed by atoms with Gasteiger partial charge in [-0.25, -0.2) is 0 Å². The van der Waals surface area contributed by atoms with Crippen LogP contribution in [0.1, 0.15) is 33.1 Å². The van der Waals surface area contributed by atoms with Crippen LogP contribution in [-0.2, 0) is 0 Å². The van der Waals surface area contributed by atoms with E-state index in [9.17, 15) is 0 Å². The average Bonchev–Trinajstić information content (AvgIpc) is 2.05. The molecular formula is C9H22N2. The molecule has 0 aliphatic carbocycles. The molecule has 0 saturated carbocycles. The van der Waals surface area contributed by atoms with Crippen LogP contribution in [0, 0.1) is 5.92 Å². The van der Waals surface area contributed by atoms with E-state index >= 15 is 0 Å². The fourth-order valence-electron chi connectivity index (χ4n) is 1.10. The summed E-state index contributed by atoms with van der Waals surface area (Å²) in [5.74, 6) is 0.722. The Hall–Kier alpha value is -0.0800. The van der Waals surface area contributed by atoms with Crippen LogP contribution < -0.4 is 11.1 Å². The highest BCUT2D eigenvalue weighted by atomic mass is 14.8. The Kier molecular flexibility index (Phi) is 7.96. The molecule has 0 aliphatic heterocycles. The minimum atomic E-state index is 0.722. The van der Waals surface area contributed by atoms with Gasteiger partial charge in [-0.15, -0.1) is 0 Å². The zero-order valence-corrected chi connectivity index (χ0v) is 7.90. The summed E-state index contributed by atoms with van der Waals surface area (Å²) in [6.45, 7) is 7.50. The lowest BCUT2D eigenvalue weighted by Crippen LogP contribution is -2.22. The second-order valence-corrected chi connectivity index (χ2v) is 3.05. The van der Waals surface area contributed by atoms with Gasteiger partial charge in [0.05, 0.1) is 0 Å². The second kappa shape index (κ2) is 8.02. The van der Waals surface area contributed by atoms with Crippen molar-refractivity contribution < 1.29 is 0 Å². The van der Waals surface area contributed by atoms with E-state index in [1.165, 1.54) is 19.3 Å². The van der Waals surface area contributed by atoms with Crippen molar-refractivity contribution in [2.75, 3.05) is 19.6 Å². The Bertz CT molecular complexity index is 70.0. The maximum atomic E-state index is 5.57. The molecular weight excluding hydrogens is 136 g/mol. The third-order valence-corrected chi connectivity index (χ3v) is 2.07. The molecule has 68 valence electrons. The minimum absolute atomic E-state index is 0.722. The van der Waals surface area contributed by atoms with Gasteiger partial charge in [0, 0.05) is 0 Å². The SMILES string of the molecule is CCCNCCC(CC)CN. The minimum Gasteiger partial charge on any atom is -0.330 e. The average molecular weight is 158 g/mol. The lowest BCUT2D eigenvalue weighted by Gasteiger charge is -2.11. The van der Waals surface area contributed by atoms with Crippen molar-refractivity contribution in [3.05, 3.63) is 0 Å². The molecule has 2 nitrogen and oxygen atoms in total. The zero-order valence-electron chi connectivity index (χ0n) is 7.90. The number of rotatable bonds is 7. The van der Waals surface area contributed by atoms with E-state index in [0.29, 0.717) is 0 Å². The van der Waals surface area contributed by atoms with Gasteiger partial charge in [-0.3, -0.25) is 0 Å². The van der Waals surface area contributed by atoms with E-state index in [-0.39, 0.29) is 0 Å². The van der Waals surface area contributed by atoms with Crippen molar-refractivity contribution >= 4 is 0 Å². The van der Waals surface area contributed by atoms with Crippen LogP contribution in [0.2, 0.25) is 0 Å². The molecule has 0 aromatic carbocycles. The first-order valence-corrected chi connectivity index (χ1v) is 4.75. The number of hydrogen-bond donors (Lipinski definition) is 2. The summed E-state index contributed by atoms with van der Waals surface area (Å²) in [4.78, 5) is 0. The fourth-order valence-corrected chi connectivity index (χ4v) is 1.10. The summed E-state index contributed by atoms with van der Waals surface area (Å²) in [7, 11) is 0. The van der Waals surface area contributed by atoms with Crippen LogP contribution in [-0.4, -0.2) is 19.6 Å². The zero-order chi connectivity index (χ0) is 8.53. The standard InChI is InChI=1S/C9H22N2/c1-3-6-11-7-5-9(4-2)8-10/h9,11H,3-8,10H2,1-2H3. The Morgan fingerprint density at radius 2 is 2.00 bits per heavy atom. The molecule has 3 N–H and O–H groups in total. The van der Waals surface area contributed by atoms with Gasteiger partial charge in [0.15, 0.2) is 0 Å². The second-order valence-electron chi connectivity index (χ2n) is 3.05. The Labute approximate surface area is 70.5 Å². The lowest BCUT2D eigenvalue weighted by atomic mass is 10.0. The molecule has 0 fully saturated rings. The van der Waals surface area contributed by atoms with Crippen molar-refractivity contribution in [2.45, 2.75) is 33.1 Å². The van der Waals surface area contributed by atoms with Crippen LogP contribution in [0.15, 0.2) is 0 Å². The normalized spacial score (nSPS) is 13.4. The van der Waals surface area contributed by atoms with Crippen molar-refractivity contribution in [1.82, 2.24) is 5.32 Å². The molecule has 1 atom stereocenters. The molecule has 0 radical (unpaired) electrons. The third-order valence-electron chi connectivity index (χ3n) is 2.07. The molecule has 0 saturated heterocycles. The van der Waals surface area contributed by atoms with Crippen LogP contribution in [0.4, 0.5) is 0 Å². The smallest absolute Gasteiger partial charge is 0.00458 e. The summed E-state index contributed by atoms with van der Waals surface area (Å²) < 4.78 is 0. The van der Waals surface area contributed by atoms with Crippen LogP contribution in [0.25, 0.3) is 0 Å². The first-order chi connectivity index (χ1) is 5.35. The Balaban J connectivity index is 3.07. The predicted molar refractivity (Wildman–Crippen MR) is 50.6 cm³/mol. The van der Waals surface area contributed by atoms with Gasteiger partial charge in [0.2, 0.25) is 0 Å². The molecule has 1 unspecified atom stereocenters. The molecule has 0 rings (SSSR count). The van der Waals surface area contributed by atoms with Gasteiger partial charge in [0.25, 0.3) is 0 Å². The number of nitrogens with two attached hydrogens (primary N) is 1. The highest BCUT2D eigenvalue weighted by Crippen LogP contribution is 2.03. The molecule has 2 heteroatoms. The van der Waals surface area contributed by atoms with E-state index in [1.807, 2.05) is 0 Å². The molecule has 0 amide bonds. The van der Waals surface area contributed by atoms with E-state index in [1.54, 1.807) is 0 Å². The van der Waals surface area contributed by atoms with E-state index in [2.05, 4.69) is 19.2 Å². The van der Waals surface area contributed by atoms with Gasteiger partial charge in [0.1, 0.15) is 0 Å². The summed E-state index contributed by atoms with van der Waals surface area (Å²) in [5, 5.41) is 3.38. The van der Waals surface area contributed by atoms with Gasteiger partial charge in [-0.2, -0.15) is 0 Å². The summed E-state index contributed by atoms with van der Waals surface area (Å²) in [6.07, 6.45) is 3.66. The lowest BCUT2D eigenvalue weighted by molar-refractivity contribution is 0.460. The third kappa shape index (κ3) is 6.32. The van der Waals surface area contributed by atoms with Crippen molar-refractivity contribution in [2.24, 2.45) is 11.7 Å². The van der Waals surface area contributed by atoms with Gasteiger partial charge < -0.3 is 11.1 Å². The molecule has 0 aromatic heterocycles. The van der Waals surface area contributed by atoms with Crippen LogP contribution in [0.5, 0.6) is 0 Å². The molecule has 0 heterocycles. The van der Waals surface area contributed by atoms with Gasteiger partial charge in [-0.1, -0.05) is 20.3 Å².